The number of nitrogens with zero attached hydrogens (tertiary/aromatic N) is 2. The summed E-state index contributed by atoms with van der Waals surface area (Å²) in [7, 11) is -1.31. The van der Waals surface area contributed by atoms with E-state index in [0.717, 1.165) is 31.7 Å². The van der Waals surface area contributed by atoms with Gasteiger partial charge in [0.25, 0.3) is 5.91 Å². The zero-order chi connectivity index (χ0) is 20.3. The van der Waals surface area contributed by atoms with Crippen LogP contribution in [-0.4, -0.2) is 89.5 Å². The van der Waals surface area contributed by atoms with Crippen LogP contribution in [0.15, 0.2) is 29.2 Å². The summed E-state index contributed by atoms with van der Waals surface area (Å²) in [5, 5.41) is 0. The van der Waals surface area contributed by atoms with Gasteiger partial charge in [0, 0.05) is 26.2 Å². The Bertz CT molecular complexity index is 763. The molecule has 2 aliphatic heterocycles. The third-order valence-electron chi connectivity index (χ3n) is 5.99. The molecule has 0 unspecified atom stereocenters. The normalized spacial score (nSPS) is 24.5. The van der Waals surface area contributed by atoms with Crippen molar-refractivity contribution in [1.29, 1.82) is 0 Å². The number of benzene rings is 1. The lowest BCUT2D eigenvalue weighted by Gasteiger charge is -2.35. The number of quaternary nitrogens is 2. The average Bonchev–Trinajstić information content (AvgIpc) is 2.70. The Labute approximate surface area is 168 Å². The van der Waals surface area contributed by atoms with Crippen LogP contribution in [-0.2, 0) is 14.8 Å². The number of nitrogens with one attached hydrogen (secondary N) is 2. The van der Waals surface area contributed by atoms with Gasteiger partial charge in [-0.15, -0.1) is 0 Å². The third-order valence-corrected chi connectivity index (χ3v) is 7.90. The minimum atomic E-state index is -3.50. The maximum atomic E-state index is 12.9. The highest BCUT2D eigenvalue weighted by Gasteiger charge is 2.32. The second-order valence-corrected chi connectivity index (χ2v) is 10.3. The Balaban J connectivity index is 1.54. The lowest BCUT2D eigenvalue weighted by Crippen LogP contribution is -3.27. The van der Waals surface area contributed by atoms with E-state index in [1.54, 1.807) is 12.1 Å². The lowest BCUT2D eigenvalue weighted by atomic mass is 10.0. The number of likely N-dealkylation sites (N-methyl/N-ethyl adjacent to an activating group) is 1. The number of carbonyl (C=O) groups is 1. The Morgan fingerprint density at radius 1 is 1.00 bits per heavy atom. The molecular weight excluding hydrogens is 376 g/mol. The van der Waals surface area contributed by atoms with Gasteiger partial charge in [-0.1, -0.05) is 26.0 Å². The molecule has 8 heteroatoms. The van der Waals surface area contributed by atoms with Crippen molar-refractivity contribution < 1.29 is 23.0 Å². The van der Waals surface area contributed by atoms with Crippen molar-refractivity contribution >= 4 is 15.9 Å². The van der Waals surface area contributed by atoms with Crippen LogP contribution in [0.3, 0.4) is 0 Å². The molecule has 1 aromatic carbocycles. The molecule has 0 aliphatic carbocycles. The van der Waals surface area contributed by atoms with Crippen LogP contribution >= 0.6 is 0 Å². The number of sulfonamides is 1. The quantitative estimate of drug-likeness (QED) is 0.594. The molecular formula is C20H34N4O3S+2. The molecule has 0 atom stereocenters. The van der Waals surface area contributed by atoms with E-state index in [9.17, 15) is 13.2 Å². The second-order valence-electron chi connectivity index (χ2n) is 8.39. The third kappa shape index (κ3) is 4.92. The van der Waals surface area contributed by atoms with Gasteiger partial charge in [-0.3, -0.25) is 4.79 Å². The van der Waals surface area contributed by atoms with E-state index in [0.29, 0.717) is 43.5 Å². The second kappa shape index (κ2) is 8.90. The SMILES string of the molecule is CC(C)c1ccc(S(=O)(=O)N2CCN(C(=O)C[NH+]3CC[NH+](C)CC3)CC2)cc1. The molecule has 0 radical (unpaired) electrons. The van der Waals surface area contributed by atoms with Gasteiger partial charge in [0.15, 0.2) is 6.54 Å². The predicted molar refractivity (Wildman–Crippen MR) is 108 cm³/mol. The van der Waals surface area contributed by atoms with Crippen molar-refractivity contribution in [2.45, 2.75) is 24.7 Å². The highest BCUT2D eigenvalue weighted by Crippen LogP contribution is 2.21. The minimum absolute atomic E-state index is 0.146. The van der Waals surface area contributed by atoms with Crippen molar-refractivity contribution in [2.75, 3.05) is 66.0 Å². The summed E-state index contributed by atoms with van der Waals surface area (Å²) >= 11 is 0. The largest absolute Gasteiger partial charge is 0.335 e. The summed E-state index contributed by atoms with van der Waals surface area (Å²) in [6.45, 7) is 10.6. The van der Waals surface area contributed by atoms with Gasteiger partial charge < -0.3 is 14.7 Å². The standard InChI is InChI=1S/C20H32N4O3S/c1-17(2)18-4-6-19(7-5-18)28(26,27)24-14-12-23(13-15-24)20(25)16-22-10-8-21(3)9-11-22/h4-7,17H,8-16H2,1-3H3/p+2. The summed E-state index contributed by atoms with van der Waals surface area (Å²) in [6.07, 6.45) is 0. The van der Waals surface area contributed by atoms with Gasteiger partial charge in [0.05, 0.1) is 11.9 Å². The van der Waals surface area contributed by atoms with E-state index in [2.05, 4.69) is 20.9 Å². The Morgan fingerprint density at radius 3 is 2.11 bits per heavy atom. The molecule has 28 heavy (non-hydrogen) atoms. The average molecular weight is 411 g/mol. The highest BCUT2D eigenvalue weighted by atomic mass is 32.2. The zero-order valence-electron chi connectivity index (χ0n) is 17.3. The van der Waals surface area contributed by atoms with Gasteiger partial charge in [-0.2, -0.15) is 4.31 Å². The topological polar surface area (TPSA) is 66.6 Å². The molecule has 0 spiro atoms. The first kappa shape index (κ1) is 21.2. The molecule has 7 nitrogen and oxygen atoms in total. The van der Waals surface area contributed by atoms with E-state index in [4.69, 9.17) is 0 Å². The van der Waals surface area contributed by atoms with Gasteiger partial charge in [-0.05, 0) is 23.6 Å². The maximum Gasteiger partial charge on any atom is 0.277 e. The first-order chi connectivity index (χ1) is 13.3. The number of hydrogen-bond donors (Lipinski definition) is 2. The van der Waals surface area contributed by atoms with Gasteiger partial charge in [0.2, 0.25) is 10.0 Å². The summed E-state index contributed by atoms with van der Waals surface area (Å²) in [4.78, 5) is 17.6. The molecule has 1 aromatic rings. The summed E-state index contributed by atoms with van der Waals surface area (Å²) in [5.41, 5.74) is 1.13. The smallest absolute Gasteiger partial charge is 0.277 e. The van der Waals surface area contributed by atoms with Crippen LogP contribution in [0, 0.1) is 0 Å². The van der Waals surface area contributed by atoms with Crippen LogP contribution in [0.25, 0.3) is 0 Å². The van der Waals surface area contributed by atoms with Crippen molar-refractivity contribution in [3.8, 4) is 0 Å². The molecule has 1 amide bonds. The maximum absolute atomic E-state index is 12.9. The Morgan fingerprint density at radius 2 is 1.57 bits per heavy atom. The summed E-state index contributed by atoms with van der Waals surface area (Å²) in [6, 6.07) is 7.16. The first-order valence-corrected chi connectivity index (χ1v) is 11.7. The molecule has 0 bridgehead atoms. The first-order valence-electron chi connectivity index (χ1n) is 10.3. The lowest BCUT2D eigenvalue weighted by molar-refractivity contribution is -1.000. The molecule has 2 saturated heterocycles. The Hall–Kier alpha value is -1.48. The number of carbonyl (C=O) groups excluding carboxylic acids is 1. The van der Waals surface area contributed by atoms with Crippen molar-refractivity contribution in [2.24, 2.45) is 0 Å². The minimum Gasteiger partial charge on any atom is -0.335 e. The number of piperazine rings is 2. The van der Waals surface area contributed by atoms with Crippen LogP contribution < -0.4 is 9.80 Å². The van der Waals surface area contributed by atoms with E-state index < -0.39 is 10.0 Å². The summed E-state index contributed by atoms with van der Waals surface area (Å²) in [5.74, 6) is 0.517. The molecule has 3 rings (SSSR count). The molecule has 2 aliphatic rings. The van der Waals surface area contributed by atoms with E-state index >= 15 is 0 Å². The molecule has 2 fully saturated rings. The van der Waals surface area contributed by atoms with E-state index in [1.165, 1.54) is 14.1 Å². The van der Waals surface area contributed by atoms with Crippen LogP contribution in [0.5, 0.6) is 0 Å². The van der Waals surface area contributed by atoms with Crippen molar-refractivity contribution in [3.05, 3.63) is 29.8 Å². The van der Waals surface area contributed by atoms with Crippen molar-refractivity contribution in [3.63, 3.8) is 0 Å². The number of amides is 1. The molecule has 2 N–H and O–H groups in total. The van der Waals surface area contributed by atoms with Gasteiger partial charge >= 0.3 is 0 Å². The fourth-order valence-corrected chi connectivity index (χ4v) is 5.31. The summed E-state index contributed by atoms with van der Waals surface area (Å²) < 4.78 is 27.3. The number of hydrogen-bond acceptors (Lipinski definition) is 3. The number of rotatable bonds is 5. The van der Waals surface area contributed by atoms with Gasteiger partial charge in [-0.25, -0.2) is 8.42 Å². The van der Waals surface area contributed by atoms with Crippen molar-refractivity contribution in [1.82, 2.24) is 9.21 Å². The van der Waals surface area contributed by atoms with Crippen LogP contribution in [0.2, 0.25) is 0 Å². The van der Waals surface area contributed by atoms with Crippen LogP contribution in [0.4, 0.5) is 0 Å². The highest BCUT2D eigenvalue weighted by molar-refractivity contribution is 7.89. The zero-order valence-corrected chi connectivity index (χ0v) is 18.1. The Kier molecular flexibility index (Phi) is 6.75. The fourth-order valence-electron chi connectivity index (χ4n) is 3.88. The van der Waals surface area contributed by atoms with Crippen LogP contribution in [0.1, 0.15) is 25.3 Å². The fraction of sp³-hybridized carbons (Fsp3) is 0.650. The molecule has 0 aromatic heterocycles. The predicted octanol–water partition coefficient (Wildman–Crippen LogP) is -1.94. The molecule has 0 saturated carbocycles. The molecule has 2 heterocycles. The van der Waals surface area contributed by atoms with E-state index in [-0.39, 0.29) is 5.91 Å². The van der Waals surface area contributed by atoms with E-state index in [1.807, 2.05) is 17.0 Å². The van der Waals surface area contributed by atoms with Gasteiger partial charge in [0.1, 0.15) is 26.2 Å². The monoisotopic (exact) mass is 410 g/mol. The molecule has 156 valence electrons.